The third-order valence-electron chi connectivity index (χ3n) is 11.3. The molecule has 0 saturated heterocycles. The minimum atomic E-state index is -0.594. The number of aliphatic hydroxyl groups excluding tert-OH is 1. The fourth-order valence-electron chi connectivity index (χ4n) is 7.82. The number of esters is 1. The number of ether oxygens (including phenoxy) is 1. The Morgan fingerprint density at radius 1 is 0.481 bits per heavy atom. The molecule has 0 amide bonds. The van der Waals surface area contributed by atoms with Crippen molar-refractivity contribution in [3.63, 3.8) is 0 Å². The van der Waals surface area contributed by atoms with E-state index < -0.39 is 5.97 Å². The number of carboxylic acids is 1. The van der Waals surface area contributed by atoms with E-state index >= 15 is 0 Å². The monoisotopic (exact) mass is 738 g/mol. The minimum Gasteiger partial charge on any atom is -0.481 e. The van der Waals surface area contributed by atoms with Gasteiger partial charge in [0.1, 0.15) is 0 Å². The molecule has 0 aliphatic carbocycles. The lowest BCUT2D eigenvalue weighted by Gasteiger charge is -2.25. The van der Waals surface area contributed by atoms with Crippen LogP contribution >= 0.6 is 0 Å². The van der Waals surface area contributed by atoms with Crippen LogP contribution in [0, 0.1) is 11.8 Å². The zero-order valence-electron chi connectivity index (χ0n) is 35.3. The highest BCUT2D eigenvalue weighted by Crippen LogP contribution is 2.30. The Kier molecular flexibility index (Phi) is 40.1. The Labute approximate surface area is 324 Å². The van der Waals surface area contributed by atoms with Crippen LogP contribution in [0.25, 0.3) is 0 Å². The average molecular weight is 738 g/mol. The van der Waals surface area contributed by atoms with Gasteiger partial charge in [-0.1, -0.05) is 188 Å². The predicted molar refractivity (Wildman–Crippen MR) is 223 cm³/mol. The molecule has 0 radical (unpaired) electrons. The lowest BCUT2D eigenvalue weighted by molar-refractivity contribution is -0.145. The van der Waals surface area contributed by atoms with E-state index in [2.05, 4.69) is 25.7 Å². The van der Waals surface area contributed by atoms with Crippen molar-refractivity contribution in [2.24, 2.45) is 11.8 Å². The second-order valence-electron chi connectivity index (χ2n) is 16.2. The maximum absolute atomic E-state index is 12.6. The normalized spacial score (nSPS) is 12.3. The van der Waals surface area contributed by atoms with E-state index in [0.29, 0.717) is 25.5 Å². The van der Waals surface area contributed by atoms with Crippen molar-refractivity contribution < 1.29 is 24.5 Å². The van der Waals surface area contributed by atoms with Crippen molar-refractivity contribution in [1.29, 1.82) is 0 Å². The standard InChI is InChI=1S/C46H91NO5/c1-4-7-10-13-16-19-22-25-33-42-52-45(49)37-29-26-31-38-47(40-41-48)39-32-30-36-44(46(50)51)43(34-27-23-20-17-14-11-8-5-2)35-28-24-21-18-15-12-9-6-3/h43-44,48H,4-42H2,1-3H3,(H,50,51). The zero-order valence-corrected chi connectivity index (χ0v) is 35.3. The highest BCUT2D eigenvalue weighted by atomic mass is 16.5. The van der Waals surface area contributed by atoms with E-state index in [9.17, 15) is 19.8 Å². The molecule has 0 aliphatic heterocycles. The van der Waals surface area contributed by atoms with E-state index in [0.717, 1.165) is 77.3 Å². The van der Waals surface area contributed by atoms with Crippen LogP contribution in [-0.2, 0) is 14.3 Å². The van der Waals surface area contributed by atoms with Gasteiger partial charge in [0, 0.05) is 13.0 Å². The van der Waals surface area contributed by atoms with Gasteiger partial charge in [0.2, 0.25) is 0 Å². The molecule has 310 valence electrons. The summed E-state index contributed by atoms with van der Waals surface area (Å²) in [5.74, 6) is -0.602. The number of unbranched alkanes of at least 4 members (excludes halogenated alkanes) is 25. The number of carboxylic acid groups (broad SMARTS) is 1. The summed E-state index contributed by atoms with van der Waals surface area (Å²) in [7, 11) is 0. The highest BCUT2D eigenvalue weighted by Gasteiger charge is 2.27. The van der Waals surface area contributed by atoms with Gasteiger partial charge in [0.05, 0.1) is 19.1 Å². The number of hydrogen-bond acceptors (Lipinski definition) is 5. The van der Waals surface area contributed by atoms with Crippen molar-refractivity contribution in [3.05, 3.63) is 0 Å². The third-order valence-corrected chi connectivity index (χ3v) is 11.3. The number of hydrogen-bond donors (Lipinski definition) is 2. The van der Waals surface area contributed by atoms with Crippen molar-refractivity contribution in [1.82, 2.24) is 4.90 Å². The molecule has 0 bridgehead atoms. The van der Waals surface area contributed by atoms with Crippen LogP contribution in [0.1, 0.15) is 239 Å². The second-order valence-corrected chi connectivity index (χ2v) is 16.2. The summed E-state index contributed by atoms with van der Waals surface area (Å²) < 4.78 is 5.46. The van der Waals surface area contributed by atoms with Gasteiger partial charge in [-0.05, 0) is 64.0 Å². The molecule has 52 heavy (non-hydrogen) atoms. The molecule has 1 atom stereocenters. The van der Waals surface area contributed by atoms with Gasteiger partial charge in [-0.15, -0.1) is 0 Å². The number of rotatable bonds is 43. The quantitative estimate of drug-likeness (QED) is 0.0478. The molecule has 0 rings (SSSR count). The van der Waals surface area contributed by atoms with Crippen LogP contribution in [0.4, 0.5) is 0 Å². The fourth-order valence-corrected chi connectivity index (χ4v) is 7.82. The summed E-state index contributed by atoms with van der Waals surface area (Å²) >= 11 is 0. The van der Waals surface area contributed by atoms with Crippen LogP contribution in [-0.4, -0.2) is 59.9 Å². The minimum absolute atomic E-state index is 0.0668. The summed E-state index contributed by atoms with van der Waals surface area (Å²) in [5.41, 5.74) is 0. The van der Waals surface area contributed by atoms with E-state index in [-0.39, 0.29) is 18.5 Å². The first-order valence-electron chi connectivity index (χ1n) is 23.2. The maximum atomic E-state index is 12.6. The molecule has 0 spiro atoms. The molecule has 6 nitrogen and oxygen atoms in total. The second kappa shape index (κ2) is 41.0. The third kappa shape index (κ3) is 34.6. The molecule has 0 fully saturated rings. The van der Waals surface area contributed by atoms with Crippen molar-refractivity contribution in [3.8, 4) is 0 Å². The molecule has 0 heterocycles. The zero-order chi connectivity index (χ0) is 38.2. The van der Waals surface area contributed by atoms with Gasteiger partial charge < -0.3 is 19.8 Å². The van der Waals surface area contributed by atoms with E-state index in [4.69, 9.17) is 4.74 Å². The summed E-state index contributed by atoms with van der Waals surface area (Å²) in [4.78, 5) is 27.0. The van der Waals surface area contributed by atoms with E-state index in [1.54, 1.807) is 0 Å². The Morgan fingerprint density at radius 2 is 0.865 bits per heavy atom. The Hall–Kier alpha value is -1.14. The molecular formula is C46H91NO5. The SMILES string of the molecule is CCCCCCCCCCCOC(=O)CCCCCN(CCO)CCCCC(C(=O)O)C(CCCCCCCCCC)CCCCCCCCCC. The van der Waals surface area contributed by atoms with Crippen LogP contribution in [0.2, 0.25) is 0 Å². The number of carbonyl (C=O) groups is 2. The molecule has 2 N–H and O–H groups in total. The first kappa shape index (κ1) is 50.9. The molecule has 0 aromatic carbocycles. The predicted octanol–water partition coefficient (Wildman–Crippen LogP) is 13.5. The van der Waals surface area contributed by atoms with Crippen LogP contribution < -0.4 is 0 Å². The fraction of sp³-hybridized carbons (Fsp3) is 0.957. The first-order chi connectivity index (χ1) is 25.5. The molecular weight excluding hydrogens is 647 g/mol. The van der Waals surface area contributed by atoms with Crippen molar-refractivity contribution in [2.75, 3.05) is 32.8 Å². The van der Waals surface area contributed by atoms with Crippen molar-refractivity contribution >= 4 is 11.9 Å². The average Bonchev–Trinajstić information content (AvgIpc) is 3.13. The number of aliphatic carboxylic acids is 1. The topological polar surface area (TPSA) is 87.1 Å². The van der Waals surface area contributed by atoms with E-state index in [1.807, 2.05) is 0 Å². The molecule has 0 aromatic heterocycles. The number of nitrogens with zero attached hydrogens (tertiary/aromatic N) is 1. The first-order valence-corrected chi connectivity index (χ1v) is 23.2. The van der Waals surface area contributed by atoms with Gasteiger partial charge >= 0.3 is 11.9 Å². The smallest absolute Gasteiger partial charge is 0.306 e. The maximum Gasteiger partial charge on any atom is 0.306 e. The van der Waals surface area contributed by atoms with Gasteiger partial charge in [-0.25, -0.2) is 0 Å². The van der Waals surface area contributed by atoms with Crippen LogP contribution in [0.15, 0.2) is 0 Å². The Bertz CT molecular complexity index is 726. The van der Waals surface area contributed by atoms with Gasteiger partial charge in [-0.3, -0.25) is 9.59 Å². The van der Waals surface area contributed by atoms with E-state index in [1.165, 1.54) is 148 Å². The Morgan fingerprint density at radius 3 is 1.31 bits per heavy atom. The summed E-state index contributed by atoms with van der Waals surface area (Å²) in [5, 5.41) is 20.0. The molecule has 1 unspecified atom stereocenters. The van der Waals surface area contributed by atoms with Crippen LogP contribution in [0.3, 0.4) is 0 Å². The summed E-state index contributed by atoms with van der Waals surface area (Å²) in [6, 6.07) is 0. The summed E-state index contributed by atoms with van der Waals surface area (Å²) in [6.07, 6.45) is 40.2. The number of carbonyl (C=O) groups excluding carboxylic acids is 1. The number of aliphatic hydroxyl groups is 1. The van der Waals surface area contributed by atoms with Crippen molar-refractivity contribution in [2.45, 2.75) is 239 Å². The van der Waals surface area contributed by atoms with Gasteiger partial charge in [0.15, 0.2) is 0 Å². The molecule has 0 aliphatic rings. The van der Waals surface area contributed by atoms with Crippen LogP contribution in [0.5, 0.6) is 0 Å². The Balaban J connectivity index is 4.44. The molecule has 0 saturated carbocycles. The largest absolute Gasteiger partial charge is 0.481 e. The van der Waals surface area contributed by atoms with Gasteiger partial charge in [0.25, 0.3) is 0 Å². The summed E-state index contributed by atoms with van der Waals surface area (Å²) in [6.45, 7) is 9.94. The molecule has 6 heteroatoms. The molecule has 0 aromatic rings. The lowest BCUT2D eigenvalue weighted by Crippen LogP contribution is -2.29. The van der Waals surface area contributed by atoms with Gasteiger partial charge in [-0.2, -0.15) is 0 Å². The highest BCUT2D eigenvalue weighted by molar-refractivity contribution is 5.70. The lowest BCUT2D eigenvalue weighted by atomic mass is 9.80.